The fourth-order valence-corrected chi connectivity index (χ4v) is 4.53. The monoisotopic (exact) mass is 304 g/mol. The fourth-order valence-electron chi connectivity index (χ4n) is 3.15. The molecule has 0 amide bonds. The first-order valence-electron chi connectivity index (χ1n) is 7.76. The minimum atomic E-state index is 0.286. The second kappa shape index (κ2) is 6.81. The summed E-state index contributed by atoms with van der Waals surface area (Å²) in [5, 5.41) is 6.75. The van der Waals surface area contributed by atoms with Crippen LogP contribution in [0.1, 0.15) is 31.4 Å². The van der Waals surface area contributed by atoms with Crippen molar-refractivity contribution >= 4 is 22.7 Å². The molecule has 1 aliphatic carbocycles. The van der Waals surface area contributed by atoms with Crippen LogP contribution in [0, 0.1) is 0 Å². The SMILES string of the molecule is Cn1nc(CC(CSC2CCCC2)NN)c2ccccc21. The first-order valence-corrected chi connectivity index (χ1v) is 8.81. The molecule has 0 radical (unpaired) electrons. The van der Waals surface area contributed by atoms with Gasteiger partial charge in [0.15, 0.2) is 0 Å². The highest BCUT2D eigenvalue weighted by atomic mass is 32.2. The van der Waals surface area contributed by atoms with Crippen molar-refractivity contribution in [3.63, 3.8) is 0 Å². The Kier molecular flexibility index (Phi) is 4.83. The number of hydrogen-bond donors (Lipinski definition) is 2. The van der Waals surface area contributed by atoms with Crippen LogP contribution in [-0.2, 0) is 13.5 Å². The van der Waals surface area contributed by atoms with E-state index in [1.54, 1.807) is 0 Å². The standard InChI is InChI=1S/C16H24N4S/c1-20-16-9-5-4-8-14(16)15(19-20)10-12(18-17)11-21-13-6-2-3-7-13/h4-5,8-9,12-13,18H,2-3,6-7,10-11,17H2,1H3. The number of thioether (sulfide) groups is 1. The highest BCUT2D eigenvalue weighted by molar-refractivity contribution is 7.99. The second-order valence-electron chi connectivity index (χ2n) is 5.89. The molecule has 4 nitrogen and oxygen atoms in total. The van der Waals surface area contributed by atoms with E-state index in [1.807, 2.05) is 11.7 Å². The summed E-state index contributed by atoms with van der Waals surface area (Å²) in [7, 11) is 2.00. The van der Waals surface area contributed by atoms with E-state index < -0.39 is 0 Å². The predicted molar refractivity (Wildman–Crippen MR) is 90.2 cm³/mol. The highest BCUT2D eigenvalue weighted by Gasteiger charge is 2.19. The van der Waals surface area contributed by atoms with E-state index in [1.165, 1.54) is 36.6 Å². The molecule has 5 heteroatoms. The minimum Gasteiger partial charge on any atom is -0.271 e. The number of aromatic nitrogens is 2. The number of para-hydroxylation sites is 1. The summed E-state index contributed by atoms with van der Waals surface area (Å²) in [6.07, 6.45) is 6.41. The Hall–Kier alpha value is -1.04. The number of hydrogen-bond acceptors (Lipinski definition) is 4. The zero-order valence-corrected chi connectivity index (χ0v) is 13.4. The first-order chi connectivity index (χ1) is 10.3. The van der Waals surface area contributed by atoms with Gasteiger partial charge < -0.3 is 0 Å². The summed E-state index contributed by atoms with van der Waals surface area (Å²) in [5.41, 5.74) is 5.31. The van der Waals surface area contributed by atoms with Crippen LogP contribution in [0.5, 0.6) is 0 Å². The van der Waals surface area contributed by atoms with Crippen LogP contribution in [0.15, 0.2) is 24.3 Å². The highest BCUT2D eigenvalue weighted by Crippen LogP contribution is 2.30. The third-order valence-electron chi connectivity index (χ3n) is 4.35. The van der Waals surface area contributed by atoms with E-state index in [0.29, 0.717) is 0 Å². The van der Waals surface area contributed by atoms with E-state index in [-0.39, 0.29) is 6.04 Å². The van der Waals surface area contributed by atoms with Gasteiger partial charge in [0.1, 0.15) is 0 Å². The number of fused-ring (bicyclic) bond motifs is 1. The van der Waals surface area contributed by atoms with Crippen molar-refractivity contribution in [3.05, 3.63) is 30.0 Å². The van der Waals surface area contributed by atoms with Gasteiger partial charge in [-0.3, -0.25) is 16.0 Å². The number of nitrogens with two attached hydrogens (primary N) is 1. The maximum Gasteiger partial charge on any atom is 0.0719 e. The second-order valence-corrected chi connectivity index (χ2v) is 7.23. The minimum absolute atomic E-state index is 0.286. The molecule has 0 saturated heterocycles. The molecule has 3 rings (SSSR count). The predicted octanol–water partition coefficient (Wildman–Crippen LogP) is 2.62. The lowest BCUT2D eigenvalue weighted by Gasteiger charge is -2.17. The molecule has 21 heavy (non-hydrogen) atoms. The molecule has 3 N–H and O–H groups in total. The zero-order valence-electron chi connectivity index (χ0n) is 12.6. The molecule has 1 fully saturated rings. The van der Waals surface area contributed by atoms with Crippen molar-refractivity contribution in [1.29, 1.82) is 0 Å². The van der Waals surface area contributed by atoms with Crippen LogP contribution in [-0.4, -0.2) is 26.8 Å². The zero-order chi connectivity index (χ0) is 14.7. The average Bonchev–Trinajstić information content (AvgIpc) is 3.13. The Labute approximate surface area is 130 Å². The van der Waals surface area contributed by atoms with Crippen LogP contribution in [0.2, 0.25) is 0 Å². The van der Waals surface area contributed by atoms with Crippen molar-refractivity contribution in [2.75, 3.05) is 5.75 Å². The van der Waals surface area contributed by atoms with Crippen molar-refractivity contribution in [3.8, 4) is 0 Å². The molecule has 1 aromatic carbocycles. The Morgan fingerprint density at radius 3 is 2.90 bits per heavy atom. The molecule has 0 aliphatic heterocycles. The van der Waals surface area contributed by atoms with E-state index in [9.17, 15) is 0 Å². The van der Waals surface area contributed by atoms with Gasteiger partial charge in [-0.2, -0.15) is 16.9 Å². The lowest BCUT2D eigenvalue weighted by atomic mass is 10.1. The summed E-state index contributed by atoms with van der Waals surface area (Å²) < 4.78 is 1.96. The van der Waals surface area contributed by atoms with Gasteiger partial charge in [-0.15, -0.1) is 0 Å². The van der Waals surface area contributed by atoms with Crippen LogP contribution in [0.4, 0.5) is 0 Å². The number of hydrazine groups is 1. The lowest BCUT2D eigenvalue weighted by Crippen LogP contribution is -2.39. The van der Waals surface area contributed by atoms with Gasteiger partial charge in [-0.05, 0) is 18.9 Å². The number of benzene rings is 1. The third kappa shape index (κ3) is 3.42. The van der Waals surface area contributed by atoms with E-state index in [0.717, 1.165) is 23.1 Å². The third-order valence-corrected chi connectivity index (χ3v) is 5.88. The summed E-state index contributed by atoms with van der Waals surface area (Å²) in [6, 6.07) is 8.68. The lowest BCUT2D eigenvalue weighted by molar-refractivity contribution is 0.564. The smallest absolute Gasteiger partial charge is 0.0719 e. The summed E-state index contributed by atoms with van der Waals surface area (Å²) in [4.78, 5) is 0. The molecule has 0 bridgehead atoms. The van der Waals surface area contributed by atoms with Gasteiger partial charge in [-0.25, -0.2) is 0 Å². The average molecular weight is 304 g/mol. The van der Waals surface area contributed by atoms with Gasteiger partial charge in [0.25, 0.3) is 0 Å². The number of nitrogens with one attached hydrogen (secondary N) is 1. The molecule has 1 heterocycles. The maximum absolute atomic E-state index is 5.76. The molecule has 2 aromatic rings. The van der Waals surface area contributed by atoms with Gasteiger partial charge in [-0.1, -0.05) is 31.0 Å². The Morgan fingerprint density at radius 2 is 2.14 bits per heavy atom. The van der Waals surface area contributed by atoms with Gasteiger partial charge in [0, 0.05) is 35.9 Å². The van der Waals surface area contributed by atoms with E-state index in [4.69, 9.17) is 5.84 Å². The normalized spacial score (nSPS) is 17.6. The van der Waals surface area contributed by atoms with Crippen molar-refractivity contribution < 1.29 is 0 Å². The summed E-state index contributed by atoms with van der Waals surface area (Å²) >= 11 is 2.07. The molecule has 1 aromatic heterocycles. The quantitative estimate of drug-likeness (QED) is 0.636. The Morgan fingerprint density at radius 1 is 1.38 bits per heavy atom. The fraction of sp³-hybridized carbons (Fsp3) is 0.562. The number of aryl methyl sites for hydroxylation is 1. The maximum atomic E-state index is 5.76. The molecule has 1 aliphatic rings. The van der Waals surface area contributed by atoms with Crippen molar-refractivity contribution in [1.82, 2.24) is 15.2 Å². The first kappa shape index (κ1) is 14.9. The molecule has 1 unspecified atom stereocenters. The summed E-state index contributed by atoms with van der Waals surface area (Å²) in [6.45, 7) is 0. The van der Waals surface area contributed by atoms with Crippen molar-refractivity contribution in [2.45, 2.75) is 43.4 Å². The largest absolute Gasteiger partial charge is 0.271 e. The van der Waals surface area contributed by atoms with Crippen molar-refractivity contribution in [2.24, 2.45) is 12.9 Å². The number of nitrogens with zero attached hydrogens (tertiary/aromatic N) is 2. The molecule has 1 saturated carbocycles. The Balaban J connectivity index is 1.67. The Bertz CT molecular complexity index is 589. The van der Waals surface area contributed by atoms with E-state index >= 15 is 0 Å². The van der Waals surface area contributed by atoms with Crippen LogP contribution in [0.3, 0.4) is 0 Å². The molecular weight excluding hydrogens is 280 g/mol. The van der Waals surface area contributed by atoms with Crippen LogP contribution >= 0.6 is 11.8 Å². The van der Waals surface area contributed by atoms with Gasteiger partial charge >= 0.3 is 0 Å². The molecule has 114 valence electrons. The van der Waals surface area contributed by atoms with Crippen LogP contribution < -0.4 is 11.3 Å². The van der Waals surface area contributed by atoms with Gasteiger partial charge in [0.05, 0.1) is 11.2 Å². The van der Waals surface area contributed by atoms with Gasteiger partial charge in [0.2, 0.25) is 0 Å². The van der Waals surface area contributed by atoms with E-state index in [2.05, 4.69) is 46.6 Å². The number of rotatable bonds is 6. The molecule has 0 spiro atoms. The topological polar surface area (TPSA) is 55.9 Å². The summed E-state index contributed by atoms with van der Waals surface area (Å²) in [5.74, 6) is 6.82. The molecular formula is C16H24N4S. The molecule has 1 atom stereocenters. The van der Waals surface area contributed by atoms with Crippen LogP contribution in [0.25, 0.3) is 10.9 Å².